The average Bonchev–Trinajstić information content (AvgIpc) is 3.01. The lowest BCUT2D eigenvalue weighted by Crippen LogP contribution is -2.61. The van der Waals surface area contributed by atoms with E-state index in [9.17, 15) is 24.0 Å². The fourth-order valence-corrected chi connectivity index (χ4v) is 7.64. The first kappa shape index (κ1) is 31.3. The van der Waals surface area contributed by atoms with E-state index in [0.29, 0.717) is 19.4 Å². The highest BCUT2D eigenvalue weighted by Crippen LogP contribution is 2.83. The van der Waals surface area contributed by atoms with Gasteiger partial charge in [0.2, 0.25) is 17.6 Å². The quantitative estimate of drug-likeness (QED) is 0.276. The van der Waals surface area contributed by atoms with Crippen LogP contribution in [-0.4, -0.2) is 77.7 Å². The number of urea groups is 1. The first-order valence-corrected chi connectivity index (χ1v) is 15.0. The van der Waals surface area contributed by atoms with E-state index in [-0.39, 0.29) is 28.1 Å². The van der Waals surface area contributed by atoms with Crippen LogP contribution in [0.4, 0.5) is 4.79 Å². The minimum atomic E-state index is -1.07. The van der Waals surface area contributed by atoms with Crippen LogP contribution in [-0.2, 0) is 19.2 Å². The Hall–Kier alpha value is -2.69. The minimum absolute atomic E-state index is 0.0315. The van der Waals surface area contributed by atoms with Crippen molar-refractivity contribution in [1.29, 1.82) is 0 Å². The van der Waals surface area contributed by atoms with Crippen LogP contribution < -0.4 is 27.0 Å². The summed E-state index contributed by atoms with van der Waals surface area (Å²) < 4.78 is 0. The normalized spacial score (nSPS) is 27.8. The number of primary amides is 1. The predicted octanol–water partition coefficient (Wildman–Crippen LogP) is 1.44. The topological polar surface area (TPSA) is 163 Å². The molecular weight excluding hydrogens is 524 g/mol. The van der Waals surface area contributed by atoms with E-state index >= 15 is 0 Å². The Balaban J connectivity index is 1.63. The Labute approximate surface area is 243 Å². The van der Waals surface area contributed by atoms with E-state index in [4.69, 9.17) is 5.73 Å². The third-order valence-electron chi connectivity index (χ3n) is 10.6. The molecule has 0 aromatic rings. The van der Waals surface area contributed by atoms with E-state index in [2.05, 4.69) is 35.1 Å². The van der Waals surface area contributed by atoms with Crippen LogP contribution in [0, 0.1) is 27.6 Å². The maximum atomic E-state index is 14.4. The van der Waals surface area contributed by atoms with Crippen molar-refractivity contribution in [2.75, 3.05) is 19.6 Å². The minimum Gasteiger partial charge on any atom is -0.363 e. The highest BCUT2D eigenvalue weighted by molar-refractivity contribution is 6.37. The molecule has 11 nitrogen and oxygen atoms in total. The molecule has 4 atom stereocenters. The number of hydrogen-bond acceptors (Lipinski definition) is 6. The number of carbonyl (C=O) groups excluding carboxylic acids is 5. The second kappa shape index (κ2) is 10.2. The van der Waals surface area contributed by atoms with Gasteiger partial charge in [-0.1, -0.05) is 53.9 Å². The SMILES string of the molecule is CC(C)(C)NC(=O)N[C@H](C(=O)N1C[C@]2(C[C@H]1C(=O)NC(CC1CCC1)C(=O)C(N)=O)C(C)(C)C21CNC1)C(C)(C)C. The van der Waals surface area contributed by atoms with Crippen LogP contribution >= 0.6 is 0 Å². The second-order valence-electron chi connectivity index (χ2n) is 15.5. The molecule has 0 bridgehead atoms. The summed E-state index contributed by atoms with van der Waals surface area (Å²) in [6.45, 7) is 17.6. The first-order chi connectivity index (χ1) is 18.8. The number of ketones is 1. The van der Waals surface area contributed by atoms with E-state index in [1.54, 1.807) is 4.90 Å². The number of fused-ring (bicyclic) bond motifs is 1. The van der Waals surface area contributed by atoms with Crippen molar-refractivity contribution < 1.29 is 24.0 Å². The van der Waals surface area contributed by atoms with Gasteiger partial charge in [-0.05, 0) is 50.4 Å². The molecule has 1 unspecified atom stereocenters. The summed E-state index contributed by atoms with van der Waals surface area (Å²) in [6.07, 6.45) is 3.74. The Morgan fingerprint density at radius 2 is 1.59 bits per heavy atom. The van der Waals surface area contributed by atoms with Gasteiger partial charge in [0.15, 0.2) is 0 Å². The molecule has 230 valence electrons. The fraction of sp³-hybridized carbons (Fsp3) is 0.833. The molecule has 2 heterocycles. The summed E-state index contributed by atoms with van der Waals surface area (Å²) in [5, 5.41) is 12.0. The molecule has 2 saturated carbocycles. The van der Waals surface area contributed by atoms with Gasteiger partial charge in [0, 0.05) is 36.0 Å². The number of nitrogens with two attached hydrogens (primary N) is 1. The molecule has 2 saturated heterocycles. The molecule has 2 spiro atoms. The van der Waals surface area contributed by atoms with Gasteiger partial charge in [-0.2, -0.15) is 0 Å². The fourth-order valence-electron chi connectivity index (χ4n) is 7.64. The van der Waals surface area contributed by atoms with Gasteiger partial charge >= 0.3 is 6.03 Å². The van der Waals surface area contributed by atoms with Crippen LogP contribution in [0.3, 0.4) is 0 Å². The molecule has 6 N–H and O–H groups in total. The maximum Gasteiger partial charge on any atom is 0.315 e. The van der Waals surface area contributed by atoms with Crippen LogP contribution in [0.25, 0.3) is 0 Å². The summed E-state index contributed by atoms with van der Waals surface area (Å²) in [7, 11) is 0. The van der Waals surface area contributed by atoms with E-state index in [0.717, 1.165) is 32.4 Å². The molecule has 41 heavy (non-hydrogen) atoms. The number of rotatable bonds is 8. The number of hydrogen-bond donors (Lipinski definition) is 5. The standard InChI is InChI=1S/C30H50N6O5/c1-26(2,3)21(34-25(41)35-27(4,5)6)24(40)36-16-29(28(7,8)30(29)14-32-15-30)13-19(36)23(39)33-18(20(37)22(31)38)12-17-10-9-11-17/h17-19,21,32H,9-16H2,1-8H3,(H2,31,38)(H,33,39)(H2,34,35,41)/t18?,19-,21+,29+/m0/s1. The van der Waals surface area contributed by atoms with Crippen molar-refractivity contribution in [3.05, 3.63) is 0 Å². The van der Waals surface area contributed by atoms with Crippen LogP contribution in [0.1, 0.15) is 87.5 Å². The summed E-state index contributed by atoms with van der Waals surface area (Å²) in [5.74, 6) is -2.42. The Bertz CT molecular complexity index is 1110. The lowest BCUT2D eigenvalue weighted by atomic mass is 9.80. The molecule has 0 aromatic heterocycles. The molecule has 0 aromatic carbocycles. The molecule has 4 rings (SSSR count). The Kier molecular flexibility index (Phi) is 7.80. The summed E-state index contributed by atoms with van der Waals surface area (Å²) in [5.41, 5.74) is 3.78. The summed E-state index contributed by atoms with van der Waals surface area (Å²) >= 11 is 0. The third-order valence-corrected chi connectivity index (χ3v) is 10.6. The molecular formula is C30H50N6O5. The van der Waals surface area contributed by atoms with Crippen molar-refractivity contribution in [2.24, 2.45) is 33.3 Å². The Morgan fingerprint density at radius 3 is 2.00 bits per heavy atom. The molecule has 4 fully saturated rings. The number of amides is 5. The molecule has 4 aliphatic rings. The number of nitrogens with one attached hydrogen (secondary N) is 4. The van der Waals surface area contributed by atoms with E-state index in [1.165, 1.54) is 0 Å². The van der Waals surface area contributed by atoms with E-state index in [1.807, 2.05) is 41.5 Å². The van der Waals surface area contributed by atoms with Crippen molar-refractivity contribution in [3.63, 3.8) is 0 Å². The molecule has 11 heteroatoms. The van der Waals surface area contributed by atoms with Crippen molar-refractivity contribution in [1.82, 2.24) is 26.2 Å². The van der Waals surface area contributed by atoms with Gasteiger partial charge in [0.25, 0.3) is 5.91 Å². The highest BCUT2D eigenvalue weighted by Gasteiger charge is 2.85. The lowest BCUT2D eigenvalue weighted by Gasteiger charge is -2.37. The molecule has 2 aliphatic carbocycles. The zero-order valence-corrected chi connectivity index (χ0v) is 26.0. The zero-order valence-electron chi connectivity index (χ0n) is 26.0. The Morgan fingerprint density at radius 1 is 0.976 bits per heavy atom. The number of nitrogens with zero attached hydrogens (tertiary/aromatic N) is 1. The van der Waals surface area contributed by atoms with Gasteiger partial charge in [-0.15, -0.1) is 0 Å². The highest BCUT2D eigenvalue weighted by atomic mass is 16.2. The third kappa shape index (κ3) is 5.34. The maximum absolute atomic E-state index is 14.4. The van der Waals surface area contributed by atoms with Crippen molar-refractivity contribution >= 4 is 29.5 Å². The van der Waals surface area contributed by atoms with Crippen molar-refractivity contribution in [3.8, 4) is 0 Å². The smallest absolute Gasteiger partial charge is 0.315 e. The van der Waals surface area contributed by atoms with Crippen molar-refractivity contribution in [2.45, 2.75) is 111 Å². The number of carbonyl (C=O) groups is 5. The van der Waals surface area contributed by atoms with Crippen LogP contribution in [0.15, 0.2) is 0 Å². The summed E-state index contributed by atoms with van der Waals surface area (Å²) in [6, 6.07) is -3.21. The van der Waals surface area contributed by atoms with Gasteiger partial charge in [-0.3, -0.25) is 19.2 Å². The molecule has 5 amide bonds. The van der Waals surface area contributed by atoms with Crippen LogP contribution in [0.5, 0.6) is 0 Å². The van der Waals surface area contributed by atoms with Gasteiger partial charge in [0.05, 0.1) is 6.04 Å². The largest absolute Gasteiger partial charge is 0.363 e. The van der Waals surface area contributed by atoms with Crippen LogP contribution in [0.2, 0.25) is 0 Å². The van der Waals surface area contributed by atoms with Gasteiger partial charge in [0.1, 0.15) is 12.1 Å². The average molecular weight is 575 g/mol. The lowest BCUT2D eigenvalue weighted by molar-refractivity contribution is -0.143. The zero-order chi connectivity index (χ0) is 30.8. The number of Topliss-reactive ketones (excluding diaryl/α,β-unsaturated/α-hetero) is 1. The van der Waals surface area contributed by atoms with E-state index < -0.39 is 52.7 Å². The number of likely N-dealkylation sites (tertiary alicyclic amines) is 1. The monoisotopic (exact) mass is 574 g/mol. The first-order valence-electron chi connectivity index (χ1n) is 15.0. The van der Waals surface area contributed by atoms with Gasteiger partial charge < -0.3 is 31.9 Å². The second-order valence-corrected chi connectivity index (χ2v) is 15.5. The molecule has 2 aliphatic heterocycles. The predicted molar refractivity (Wildman–Crippen MR) is 154 cm³/mol. The summed E-state index contributed by atoms with van der Waals surface area (Å²) in [4.78, 5) is 67.4. The molecule has 0 radical (unpaired) electrons. The van der Waals surface area contributed by atoms with Gasteiger partial charge in [-0.25, -0.2) is 4.79 Å².